The third kappa shape index (κ3) is 26.5. The smallest absolute Gasteiger partial charge is 0.355 e. The lowest BCUT2D eigenvalue weighted by Gasteiger charge is -2.19. The third-order valence-electron chi connectivity index (χ3n) is 20.7. The second-order valence-corrected chi connectivity index (χ2v) is 34.2. The van der Waals surface area contributed by atoms with Gasteiger partial charge in [-0.15, -0.1) is 0 Å². The van der Waals surface area contributed by atoms with Crippen LogP contribution in [0.2, 0.25) is 40.2 Å². The van der Waals surface area contributed by atoms with Crippen LogP contribution in [-0.4, -0.2) is 151 Å². The number of aromatic nitrogens is 8. The van der Waals surface area contributed by atoms with Gasteiger partial charge in [0.05, 0.1) is 26.7 Å². The zero-order chi connectivity index (χ0) is 98.9. The van der Waals surface area contributed by atoms with Gasteiger partial charge in [0.25, 0.3) is 17.8 Å². The van der Waals surface area contributed by atoms with Crippen LogP contribution in [0, 0.1) is 78.7 Å². The lowest BCUT2D eigenvalue weighted by molar-refractivity contribution is -0.134. The zero-order valence-corrected chi connectivity index (χ0v) is 81.8. The summed E-state index contributed by atoms with van der Waals surface area (Å²) in [5, 5.41) is 23.3. The number of aromatic carboxylic acids is 1. The number of pyridine rings is 4. The van der Waals surface area contributed by atoms with Crippen LogP contribution in [-0.2, 0) is 9.53 Å². The number of nitrogens with two attached hydrogens (primary N) is 4. The monoisotopic (exact) mass is 1990 g/mol. The van der Waals surface area contributed by atoms with Gasteiger partial charge in [0.1, 0.15) is 70.5 Å². The first-order chi connectivity index (χ1) is 62.5. The topological polar surface area (TPSA) is 421 Å². The molecule has 12 aromatic rings. The number of hydrogen-bond acceptors (Lipinski definition) is 20. The highest BCUT2D eigenvalue weighted by atomic mass is 35.5. The summed E-state index contributed by atoms with van der Waals surface area (Å²) in [5.74, 6) is -3.37. The van der Waals surface area contributed by atoms with E-state index in [9.17, 15) is 41.8 Å². The standard InChI is InChI=1S/C25H30Cl2FN5O2.C24H28Cl2FN5O2.C22H22Cl2FN3O3.C20H18Cl2FN3O3.C2H4O2/c1-13-20(14(2)32-23(13)25(34)30-9-6-10-33(4)5)16-11-19(24(29)31-12-16)35-15(3)21-17(26)7-8-18(28)22(21)27;1-12-19(13(2)31-22(12)24(33)29-8-9-32(4)5)15-10-18(23(28)30-11-15)34-14(3)20-16(25)6-7-17(27)21(20)26;1-5-30-22(29)20-10(2)17(11(3)28-20)13-8-16(21(26)27-9-13)31-12(4)18-14(23)6-7-15(25)19(18)24;1-8-15(9(2)26-18(8)20(27)28)11-6-14(19(24)25-7-11)29-10(3)16-12(21)4-5-13(23)17(16)22;1-2(3)4/h7-8,11-12,15,32H,6,9-10H2,1-5H3,(H2,29,31)(H,30,34);6-7,10-11,14,31H,8-9H2,1-5H3,(H2,28,30)(H,29,33);6-9,12,28H,5H2,1-4H3,(H2,26,27);4-7,10,26H,1-3H3,(H2,24,25)(H,27,28);1H3,(H,3,4). The Bertz CT molecular complexity index is 6290. The Hall–Kier alpha value is -11.7. The summed E-state index contributed by atoms with van der Waals surface area (Å²) in [5.41, 5.74) is 38.6. The van der Waals surface area contributed by atoms with E-state index in [1.165, 1.54) is 54.7 Å². The Morgan fingerprint density at radius 3 is 0.917 bits per heavy atom. The number of H-pyrrole nitrogens is 4. The van der Waals surface area contributed by atoms with E-state index in [1.54, 1.807) is 91.3 Å². The van der Waals surface area contributed by atoms with E-state index in [0.29, 0.717) is 97.4 Å². The Morgan fingerprint density at radius 2 is 0.662 bits per heavy atom. The van der Waals surface area contributed by atoms with Crippen molar-refractivity contribution in [1.82, 2.24) is 60.3 Å². The summed E-state index contributed by atoms with van der Waals surface area (Å²) in [6.07, 6.45) is 4.42. The molecule has 710 valence electrons. The highest BCUT2D eigenvalue weighted by molar-refractivity contribution is 6.38. The number of benzene rings is 4. The summed E-state index contributed by atoms with van der Waals surface area (Å²) in [4.78, 5) is 91.3. The SMILES string of the molecule is CC(=O)O.CCOC(=O)c1[nH]c(C)c(-c2cnc(N)c(OC(C)c3c(Cl)ccc(F)c3Cl)c2)c1C.Cc1[nH]c(C(=O)NCCCN(C)C)c(C)c1-c1cnc(N)c(OC(C)c2c(Cl)ccc(F)c2Cl)c1.Cc1[nH]c(C(=O)NCCN(C)C)c(C)c1-c1cnc(N)c(OC(C)c2c(Cl)ccc(F)c2Cl)c1.Cc1[nH]c(C(=O)O)c(C)c1-c1cnc(N)c(OC(C)c2c(Cl)ccc(F)c2Cl)c1. The van der Waals surface area contributed by atoms with E-state index in [2.05, 4.69) is 55.4 Å². The summed E-state index contributed by atoms with van der Waals surface area (Å²) in [6.45, 7) is 27.2. The van der Waals surface area contributed by atoms with Crippen molar-refractivity contribution in [3.05, 3.63) is 251 Å². The zero-order valence-electron chi connectivity index (χ0n) is 75.8. The van der Waals surface area contributed by atoms with E-state index in [-0.39, 0.29) is 99.1 Å². The number of nitrogens with one attached hydrogen (secondary N) is 6. The summed E-state index contributed by atoms with van der Waals surface area (Å²) >= 11 is 49.2. The van der Waals surface area contributed by atoms with Crippen LogP contribution in [0.5, 0.6) is 23.0 Å². The maximum absolute atomic E-state index is 14.0. The Balaban J connectivity index is 0.000000216. The van der Waals surface area contributed by atoms with E-state index in [0.717, 1.165) is 82.5 Å². The Labute approximate surface area is 806 Å². The average Bonchev–Trinajstić information content (AvgIpc) is 1.68. The van der Waals surface area contributed by atoms with E-state index in [1.807, 2.05) is 74.6 Å². The van der Waals surface area contributed by atoms with Gasteiger partial charge in [0, 0.05) is 161 Å². The molecule has 40 heteroatoms. The van der Waals surface area contributed by atoms with Crippen molar-refractivity contribution in [3.63, 3.8) is 0 Å². The minimum absolute atomic E-state index is 0.100. The molecule has 4 atom stereocenters. The Morgan fingerprint density at radius 1 is 0.414 bits per heavy atom. The van der Waals surface area contributed by atoms with Crippen LogP contribution in [0.3, 0.4) is 0 Å². The van der Waals surface area contributed by atoms with E-state index < -0.39 is 65.6 Å². The Kier molecular flexibility index (Phi) is 37.9. The molecule has 4 unspecified atom stereocenters. The first kappa shape index (κ1) is 107. The van der Waals surface area contributed by atoms with Crippen LogP contribution in [0.15, 0.2) is 97.6 Å². The number of anilines is 4. The van der Waals surface area contributed by atoms with Gasteiger partial charge in [-0.05, 0) is 226 Å². The fourth-order valence-corrected chi connectivity index (χ4v) is 17.1. The van der Waals surface area contributed by atoms with E-state index in [4.69, 9.17) is 149 Å². The number of aromatic amines is 4. The van der Waals surface area contributed by atoms with Crippen LogP contribution in [0.4, 0.5) is 40.8 Å². The molecular weight excluding hydrogens is 1890 g/mol. The fraction of sp³-hybridized carbons (Fsp3) is 0.301. The lowest BCUT2D eigenvalue weighted by Crippen LogP contribution is -2.31. The quantitative estimate of drug-likeness (QED) is 0.00938. The minimum atomic E-state index is -1.05. The molecule has 0 aliphatic heterocycles. The molecule has 133 heavy (non-hydrogen) atoms. The van der Waals surface area contributed by atoms with Crippen molar-refractivity contribution < 1.29 is 75.4 Å². The van der Waals surface area contributed by atoms with E-state index >= 15 is 0 Å². The predicted octanol–water partition coefficient (Wildman–Crippen LogP) is 22.4. The van der Waals surface area contributed by atoms with Crippen molar-refractivity contribution in [2.45, 2.75) is 128 Å². The third-order valence-corrected chi connectivity index (χ3v) is 23.5. The molecule has 4 aromatic carbocycles. The molecule has 28 nitrogen and oxygen atoms in total. The van der Waals surface area contributed by atoms with Gasteiger partial charge in [0.15, 0.2) is 46.3 Å². The van der Waals surface area contributed by atoms with Crippen molar-refractivity contribution in [2.24, 2.45) is 0 Å². The number of carbonyl (C=O) groups excluding carboxylic acids is 3. The van der Waals surface area contributed by atoms with Gasteiger partial charge in [-0.1, -0.05) is 92.8 Å². The number of carboxylic acid groups (broad SMARTS) is 2. The minimum Gasteiger partial charge on any atom is -0.482 e. The molecule has 0 radical (unpaired) electrons. The van der Waals surface area contributed by atoms with Crippen molar-refractivity contribution in [3.8, 4) is 67.5 Å². The number of nitrogens with zero attached hydrogens (tertiary/aromatic N) is 6. The molecule has 0 spiro atoms. The summed E-state index contributed by atoms with van der Waals surface area (Å²) in [6, 6.07) is 17.3. The normalized spacial score (nSPS) is 11.9. The highest BCUT2D eigenvalue weighted by Gasteiger charge is 2.30. The molecule has 0 fully saturated rings. The maximum atomic E-state index is 14.0. The molecule has 0 aliphatic carbocycles. The average molecular weight is 2000 g/mol. The van der Waals surface area contributed by atoms with Crippen LogP contribution >= 0.6 is 92.8 Å². The number of carbonyl (C=O) groups is 5. The highest BCUT2D eigenvalue weighted by Crippen LogP contribution is 2.45. The molecule has 0 aliphatic rings. The molecule has 0 bridgehead atoms. The van der Waals surface area contributed by atoms with Crippen LogP contribution in [0.1, 0.15) is 182 Å². The first-order valence-electron chi connectivity index (χ1n) is 41.0. The number of aliphatic carboxylic acids is 1. The van der Waals surface area contributed by atoms with Crippen molar-refractivity contribution in [2.75, 3.05) is 83.9 Å². The van der Waals surface area contributed by atoms with Gasteiger partial charge in [-0.2, -0.15) is 0 Å². The number of amides is 2. The molecular formula is C93H102Cl8F4N16O12. The number of rotatable bonds is 28. The lowest BCUT2D eigenvalue weighted by atomic mass is 10.0. The molecule has 2 amide bonds. The number of carboxylic acids is 2. The number of hydrogen-bond donors (Lipinski definition) is 12. The van der Waals surface area contributed by atoms with Crippen LogP contribution < -0.4 is 52.5 Å². The first-order valence-corrected chi connectivity index (χ1v) is 44.0. The number of nitrogen functional groups attached to an aromatic ring is 4. The largest absolute Gasteiger partial charge is 0.482 e. The van der Waals surface area contributed by atoms with Crippen molar-refractivity contribution in [1.29, 1.82) is 0 Å². The predicted molar refractivity (Wildman–Crippen MR) is 516 cm³/mol. The molecule has 0 saturated heterocycles. The van der Waals surface area contributed by atoms with Gasteiger partial charge in [0.2, 0.25) is 0 Å². The molecule has 16 N–H and O–H groups in total. The fourth-order valence-electron chi connectivity index (χ4n) is 14.4. The molecule has 12 rings (SSSR count). The van der Waals surface area contributed by atoms with Crippen molar-refractivity contribution >= 4 is 146 Å². The van der Waals surface area contributed by atoms with Crippen LogP contribution in [0.25, 0.3) is 44.5 Å². The second kappa shape index (κ2) is 47.3. The number of likely N-dealkylation sites (N-methyl/N-ethyl adjacent to an activating group) is 1. The van der Waals surface area contributed by atoms with Gasteiger partial charge < -0.3 is 97.2 Å². The summed E-state index contributed by atoms with van der Waals surface area (Å²) in [7, 11) is 7.87. The van der Waals surface area contributed by atoms with Gasteiger partial charge in [-0.25, -0.2) is 47.1 Å². The number of ether oxygens (including phenoxy) is 5. The van der Waals surface area contributed by atoms with Gasteiger partial charge >= 0.3 is 11.9 Å². The second-order valence-electron chi connectivity index (χ2n) is 31.0. The molecule has 0 saturated carbocycles. The van der Waals surface area contributed by atoms with Gasteiger partial charge in [-0.3, -0.25) is 14.4 Å². The number of esters is 1. The molecule has 8 heterocycles. The number of halogens is 12. The summed E-state index contributed by atoms with van der Waals surface area (Å²) < 4.78 is 84.7. The number of aryl methyl sites for hydroxylation is 4. The molecule has 8 aromatic heterocycles. The maximum Gasteiger partial charge on any atom is 0.355 e.